The van der Waals surface area contributed by atoms with Crippen LogP contribution in [-0.4, -0.2) is 32.1 Å². The highest BCUT2D eigenvalue weighted by Crippen LogP contribution is 2.42. The first-order chi connectivity index (χ1) is 8.31. The molecule has 4 nitrogen and oxygen atoms in total. The van der Waals surface area contributed by atoms with Crippen molar-refractivity contribution in [3.63, 3.8) is 0 Å². The molecule has 0 amide bonds. The quantitative estimate of drug-likeness (QED) is 0.669. The monoisotopic (exact) mass is 242 g/mol. The van der Waals surface area contributed by atoms with Gasteiger partial charge in [0.2, 0.25) is 0 Å². The molecule has 0 bridgehead atoms. The maximum atomic E-state index is 11.4. The smallest absolute Gasteiger partial charge is 0.309 e. The topological polar surface area (TPSA) is 44.8 Å². The summed E-state index contributed by atoms with van der Waals surface area (Å²) in [6.07, 6.45) is 5.25. The second-order valence-corrected chi connectivity index (χ2v) is 4.81. The molecule has 4 heteroatoms. The van der Waals surface area contributed by atoms with Crippen molar-refractivity contribution in [2.45, 2.75) is 45.3 Å². The standard InChI is InChI=1S/C13H22O4/c1-2-15-13(14)11-9-10(11)6-8-17-12-5-3-4-7-16-12/h10-12H,2-9H2,1H3/t10-,11-,12?/m1/s1. The fourth-order valence-corrected chi connectivity index (χ4v) is 2.30. The zero-order valence-corrected chi connectivity index (χ0v) is 10.5. The Morgan fingerprint density at radius 1 is 1.41 bits per heavy atom. The molecule has 1 aliphatic carbocycles. The molecule has 0 aromatic carbocycles. The summed E-state index contributed by atoms with van der Waals surface area (Å²) in [7, 11) is 0. The predicted octanol–water partition coefficient (Wildman–Crippen LogP) is 2.12. The lowest BCUT2D eigenvalue weighted by Gasteiger charge is -2.22. The van der Waals surface area contributed by atoms with E-state index >= 15 is 0 Å². The summed E-state index contributed by atoms with van der Waals surface area (Å²) >= 11 is 0. The Bertz CT molecular complexity index is 248. The molecule has 2 rings (SSSR count). The molecule has 3 atom stereocenters. The minimum Gasteiger partial charge on any atom is -0.466 e. The van der Waals surface area contributed by atoms with Gasteiger partial charge in [0.15, 0.2) is 6.29 Å². The minimum atomic E-state index is -0.0357. The summed E-state index contributed by atoms with van der Waals surface area (Å²) in [5.74, 6) is 0.565. The normalized spacial score (nSPS) is 32.2. The third kappa shape index (κ3) is 3.96. The van der Waals surface area contributed by atoms with Crippen LogP contribution in [0.4, 0.5) is 0 Å². The molecule has 0 radical (unpaired) electrons. The first-order valence-electron chi connectivity index (χ1n) is 6.71. The van der Waals surface area contributed by atoms with Gasteiger partial charge < -0.3 is 14.2 Å². The molecule has 98 valence electrons. The lowest BCUT2D eigenvalue weighted by Crippen LogP contribution is -2.22. The van der Waals surface area contributed by atoms with E-state index in [0.717, 1.165) is 32.3 Å². The Morgan fingerprint density at radius 2 is 2.29 bits per heavy atom. The highest BCUT2D eigenvalue weighted by atomic mass is 16.7. The van der Waals surface area contributed by atoms with Crippen molar-refractivity contribution in [2.75, 3.05) is 19.8 Å². The molecular formula is C13H22O4. The molecule has 1 saturated carbocycles. The van der Waals surface area contributed by atoms with E-state index in [1.807, 2.05) is 6.92 Å². The van der Waals surface area contributed by atoms with Crippen molar-refractivity contribution in [2.24, 2.45) is 11.8 Å². The summed E-state index contributed by atoms with van der Waals surface area (Å²) < 4.78 is 16.1. The predicted molar refractivity (Wildman–Crippen MR) is 62.4 cm³/mol. The molecule has 0 aromatic heterocycles. The molecular weight excluding hydrogens is 220 g/mol. The minimum absolute atomic E-state index is 0.0106. The zero-order chi connectivity index (χ0) is 12.1. The van der Waals surface area contributed by atoms with E-state index in [2.05, 4.69) is 0 Å². The van der Waals surface area contributed by atoms with Crippen LogP contribution in [0.15, 0.2) is 0 Å². The van der Waals surface area contributed by atoms with Gasteiger partial charge in [0.25, 0.3) is 0 Å². The van der Waals surface area contributed by atoms with Gasteiger partial charge in [0.1, 0.15) is 0 Å². The molecule has 1 saturated heterocycles. The van der Waals surface area contributed by atoms with Crippen LogP contribution in [0.5, 0.6) is 0 Å². The fraction of sp³-hybridized carbons (Fsp3) is 0.923. The molecule has 17 heavy (non-hydrogen) atoms. The van der Waals surface area contributed by atoms with E-state index in [1.54, 1.807) is 0 Å². The molecule has 0 N–H and O–H groups in total. The Hall–Kier alpha value is -0.610. The van der Waals surface area contributed by atoms with Crippen molar-refractivity contribution < 1.29 is 19.0 Å². The Morgan fingerprint density at radius 3 is 3.00 bits per heavy atom. The summed E-state index contributed by atoms with van der Waals surface area (Å²) in [6, 6.07) is 0. The summed E-state index contributed by atoms with van der Waals surface area (Å²) in [6.45, 7) is 3.85. The van der Waals surface area contributed by atoms with E-state index in [1.165, 1.54) is 6.42 Å². The van der Waals surface area contributed by atoms with Crippen molar-refractivity contribution >= 4 is 5.97 Å². The highest BCUT2D eigenvalue weighted by molar-refractivity contribution is 5.75. The molecule has 2 fully saturated rings. The fourth-order valence-electron chi connectivity index (χ4n) is 2.30. The molecule has 1 unspecified atom stereocenters. The number of carbonyl (C=O) groups is 1. The number of rotatable bonds is 6. The van der Waals surface area contributed by atoms with Gasteiger partial charge in [0, 0.05) is 6.61 Å². The Labute approximate surface area is 103 Å². The van der Waals surface area contributed by atoms with Crippen LogP contribution >= 0.6 is 0 Å². The van der Waals surface area contributed by atoms with Crippen LogP contribution in [0.1, 0.15) is 39.0 Å². The first kappa shape index (κ1) is 12.8. The van der Waals surface area contributed by atoms with Crippen LogP contribution in [0, 0.1) is 11.8 Å². The molecule has 0 spiro atoms. The van der Waals surface area contributed by atoms with E-state index in [9.17, 15) is 4.79 Å². The lowest BCUT2D eigenvalue weighted by molar-refractivity contribution is -0.163. The van der Waals surface area contributed by atoms with Crippen molar-refractivity contribution in [3.05, 3.63) is 0 Å². The molecule has 1 heterocycles. The van der Waals surface area contributed by atoms with Crippen molar-refractivity contribution in [1.82, 2.24) is 0 Å². The number of hydrogen-bond acceptors (Lipinski definition) is 4. The highest BCUT2D eigenvalue weighted by Gasteiger charge is 2.43. The van der Waals surface area contributed by atoms with Gasteiger partial charge in [-0.1, -0.05) is 0 Å². The second kappa shape index (κ2) is 6.36. The van der Waals surface area contributed by atoms with E-state index in [4.69, 9.17) is 14.2 Å². The van der Waals surface area contributed by atoms with Crippen molar-refractivity contribution in [3.8, 4) is 0 Å². The van der Waals surface area contributed by atoms with Crippen LogP contribution in [0.25, 0.3) is 0 Å². The lowest BCUT2D eigenvalue weighted by atomic mass is 10.2. The number of ether oxygens (including phenoxy) is 3. The maximum Gasteiger partial charge on any atom is 0.309 e. The maximum absolute atomic E-state index is 11.4. The third-order valence-electron chi connectivity index (χ3n) is 3.44. The van der Waals surface area contributed by atoms with E-state index in [0.29, 0.717) is 19.1 Å². The van der Waals surface area contributed by atoms with Crippen molar-refractivity contribution in [1.29, 1.82) is 0 Å². The van der Waals surface area contributed by atoms with Crippen LogP contribution in [-0.2, 0) is 19.0 Å². The Balaban J connectivity index is 1.53. The SMILES string of the molecule is CCOC(=O)[C@@H]1C[C@H]1CCOC1CCCCO1. The summed E-state index contributed by atoms with van der Waals surface area (Å²) in [5, 5.41) is 0. The zero-order valence-electron chi connectivity index (χ0n) is 10.5. The number of carbonyl (C=O) groups excluding carboxylic acids is 1. The third-order valence-corrected chi connectivity index (χ3v) is 3.44. The Kier molecular flexibility index (Phi) is 4.80. The second-order valence-electron chi connectivity index (χ2n) is 4.81. The summed E-state index contributed by atoms with van der Waals surface area (Å²) in [5.41, 5.74) is 0. The van der Waals surface area contributed by atoms with Gasteiger partial charge in [0.05, 0.1) is 19.1 Å². The van der Waals surface area contributed by atoms with Gasteiger partial charge in [-0.25, -0.2) is 0 Å². The van der Waals surface area contributed by atoms with Gasteiger partial charge in [-0.2, -0.15) is 0 Å². The van der Waals surface area contributed by atoms with E-state index < -0.39 is 0 Å². The number of esters is 1. The van der Waals surface area contributed by atoms with Gasteiger partial charge in [-0.05, 0) is 44.9 Å². The van der Waals surface area contributed by atoms with Crippen LogP contribution in [0.2, 0.25) is 0 Å². The average molecular weight is 242 g/mol. The van der Waals surface area contributed by atoms with Gasteiger partial charge in [-0.3, -0.25) is 4.79 Å². The molecule has 2 aliphatic rings. The summed E-state index contributed by atoms with van der Waals surface area (Å²) in [4.78, 5) is 11.4. The van der Waals surface area contributed by atoms with Gasteiger partial charge >= 0.3 is 5.97 Å². The molecule has 1 aliphatic heterocycles. The van der Waals surface area contributed by atoms with Crippen LogP contribution < -0.4 is 0 Å². The largest absolute Gasteiger partial charge is 0.466 e. The first-order valence-corrected chi connectivity index (χ1v) is 6.71. The van der Waals surface area contributed by atoms with Gasteiger partial charge in [-0.15, -0.1) is 0 Å². The average Bonchev–Trinajstić information content (AvgIpc) is 3.10. The number of hydrogen-bond donors (Lipinski definition) is 0. The van der Waals surface area contributed by atoms with Crippen LogP contribution in [0.3, 0.4) is 0 Å². The van der Waals surface area contributed by atoms with E-state index in [-0.39, 0.29) is 18.2 Å². The molecule has 0 aromatic rings.